The second-order valence-electron chi connectivity index (χ2n) is 3.30. The molecular formula is C11H19N3O2. The van der Waals surface area contributed by atoms with Crippen molar-refractivity contribution in [2.24, 2.45) is 5.73 Å². The summed E-state index contributed by atoms with van der Waals surface area (Å²) in [6, 6.07) is 3.77. The standard InChI is InChI=1S/C11H19N3O2/c1-15-7-8-16-11-4-3-10(9-14-11)13-6-2-5-12/h3-4,9,13H,2,5-8,12H2,1H3. The van der Waals surface area contributed by atoms with Crippen LogP contribution in [0.25, 0.3) is 0 Å². The first-order valence-corrected chi connectivity index (χ1v) is 5.38. The number of hydrogen-bond donors (Lipinski definition) is 2. The molecule has 90 valence electrons. The molecule has 0 aromatic carbocycles. The number of anilines is 1. The molecule has 1 rings (SSSR count). The van der Waals surface area contributed by atoms with Gasteiger partial charge in [0.15, 0.2) is 0 Å². The van der Waals surface area contributed by atoms with Crippen LogP contribution < -0.4 is 15.8 Å². The molecule has 1 aromatic rings. The molecule has 0 radical (unpaired) electrons. The third-order valence-corrected chi connectivity index (χ3v) is 1.98. The zero-order valence-electron chi connectivity index (χ0n) is 9.61. The summed E-state index contributed by atoms with van der Waals surface area (Å²) >= 11 is 0. The lowest BCUT2D eigenvalue weighted by molar-refractivity contribution is 0.144. The van der Waals surface area contributed by atoms with Crippen molar-refractivity contribution in [3.8, 4) is 5.88 Å². The van der Waals surface area contributed by atoms with E-state index in [1.54, 1.807) is 13.3 Å². The molecule has 1 aromatic heterocycles. The van der Waals surface area contributed by atoms with Crippen molar-refractivity contribution in [3.05, 3.63) is 18.3 Å². The topological polar surface area (TPSA) is 69.4 Å². The van der Waals surface area contributed by atoms with Crippen LogP contribution in [0.1, 0.15) is 6.42 Å². The minimum atomic E-state index is 0.517. The Kier molecular flexibility index (Phi) is 6.29. The minimum absolute atomic E-state index is 0.517. The van der Waals surface area contributed by atoms with E-state index in [4.69, 9.17) is 15.2 Å². The van der Waals surface area contributed by atoms with Crippen LogP contribution in [-0.2, 0) is 4.74 Å². The molecule has 0 atom stereocenters. The summed E-state index contributed by atoms with van der Waals surface area (Å²) in [5, 5.41) is 3.22. The van der Waals surface area contributed by atoms with Gasteiger partial charge in [-0.3, -0.25) is 0 Å². The molecule has 0 aliphatic rings. The van der Waals surface area contributed by atoms with Crippen molar-refractivity contribution in [2.45, 2.75) is 6.42 Å². The molecule has 5 heteroatoms. The molecule has 0 amide bonds. The molecule has 16 heavy (non-hydrogen) atoms. The average molecular weight is 225 g/mol. The average Bonchev–Trinajstić information content (AvgIpc) is 2.32. The molecule has 0 saturated heterocycles. The van der Waals surface area contributed by atoms with Crippen molar-refractivity contribution in [1.82, 2.24) is 4.98 Å². The number of nitrogens with two attached hydrogens (primary N) is 1. The molecule has 0 saturated carbocycles. The lowest BCUT2D eigenvalue weighted by Gasteiger charge is -2.07. The van der Waals surface area contributed by atoms with Crippen LogP contribution >= 0.6 is 0 Å². The second-order valence-corrected chi connectivity index (χ2v) is 3.30. The molecule has 0 fully saturated rings. The number of nitrogens with one attached hydrogen (secondary N) is 1. The first-order chi connectivity index (χ1) is 7.86. The normalized spacial score (nSPS) is 10.1. The van der Waals surface area contributed by atoms with Gasteiger partial charge in [0, 0.05) is 19.7 Å². The second kappa shape index (κ2) is 7.90. The van der Waals surface area contributed by atoms with E-state index >= 15 is 0 Å². The van der Waals surface area contributed by atoms with Crippen molar-refractivity contribution in [3.63, 3.8) is 0 Å². The highest BCUT2D eigenvalue weighted by molar-refractivity contribution is 5.41. The van der Waals surface area contributed by atoms with Crippen LogP contribution in [0.2, 0.25) is 0 Å². The smallest absolute Gasteiger partial charge is 0.213 e. The van der Waals surface area contributed by atoms with Crippen LogP contribution in [0.3, 0.4) is 0 Å². The maximum atomic E-state index is 5.40. The van der Waals surface area contributed by atoms with Crippen molar-refractivity contribution in [2.75, 3.05) is 38.7 Å². The third-order valence-electron chi connectivity index (χ3n) is 1.98. The Hall–Kier alpha value is -1.33. The predicted octanol–water partition coefficient (Wildman–Crippen LogP) is 0.868. The highest BCUT2D eigenvalue weighted by atomic mass is 16.5. The molecule has 0 aliphatic heterocycles. The van der Waals surface area contributed by atoms with Gasteiger partial charge in [-0.1, -0.05) is 0 Å². The fourth-order valence-corrected chi connectivity index (χ4v) is 1.13. The highest BCUT2D eigenvalue weighted by Crippen LogP contribution is 2.11. The summed E-state index contributed by atoms with van der Waals surface area (Å²) in [6.07, 6.45) is 2.70. The van der Waals surface area contributed by atoms with Gasteiger partial charge in [-0.25, -0.2) is 4.98 Å². The van der Waals surface area contributed by atoms with Gasteiger partial charge in [0.25, 0.3) is 0 Å². The van der Waals surface area contributed by atoms with Gasteiger partial charge < -0.3 is 20.5 Å². The molecule has 0 bridgehead atoms. The summed E-state index contributed by atoms with van der Waals surface area (Å²) in [5.41, 5.74) is 6.38. The van der Waals surface area contributed by atoms with E-state index in [9.17, 15) is 0 Å². The van der Waals surface area contributed by atoms with Gasteiger partial charge >= 0.3 is 0 Å². The van der Waals surface area contributed by atoms with Gasteiger partial charge in [0.1, 0.15) is 6.61 Å². The van der Waals surface area contributed by atoms with E-state index in [2.05, 4.69) is 10.3 Å². The fourth-order valence-electron chi connectivity index (χ4n) is 1.13. The zero-order chi connectivity index (χ0) is 11.6. The summed E-state index contributed by atoms with van der Waals surface area (Å²) in [5.74, 6) is 0.612. The maximum Gasteiger partial charge on any atom is 0.213 e. The molecule has 0 aliphatic carbocycles. The summed E-state index contributed by atoms with van der Waals surface area (Å²) < 4.78 is 10.2. The summed E-state index contributed by atoms with van der Waals surface area (Å²) in [7, 11) is 1.64. The van der Waals surface area contributed by atoms with Gasteiger partial charge in [-0.15, -0.1) is 0 Å². The van der Waals surface area contributed by atoms with Gasteiger partial charge in [0.2, 0.25) is 5.88 Å². The van der Waals surface area contributed by atoms with Crippen LogP contribution in [0.5, 0.6) is 5.88 Å². The zero-order valence-corrected chi connectivity index (χ0v) is 9.61. The first kappa shape index (κ1) is 12.7. The number of methoxy groups -OCH3 is 1. The lowest BCUT2D eigenvalue weighted by atomic mass is 10.3. The third kappa shape index (κ3) is 4.95. The fraction of sp³-hybridized carbons (Fsp3) is 0.545. The quantitative estimate of drug-likeness (QED) is 0.642. The lowest BCUT2D eigenvalue weighted by Crippen LogP contribution is -2.09. The summed E-state index contributed by atoms with van der Waals surface area (Å²) in [4.78, 5) is 4.16. The van der Waals surface area contributed by atoms with Crippen LogP contribution in [0, 0.1) is 0 Å². The van der Waals surface area contributed by atoms with E-state index in [-0.39, 0.29) is 0 Å². The minimum Gasteiger partial charge on any atom is -0.475 e. The van der Waals surface area contributed by atoms with E-state index in [0.29, 0.717) is 25.6 Å². The van der Waals surface area contributed by atoms with Crippen molar-refractivity contribution >= 4 is 5.69 Å². The van der Waals surface area contributed by atoms with Crippen LogP contribution in [0.4, 0.5) is 5.69 Å². The molecule has 1 heterocycles. The predicted molar refractivity (Wildman–Crippen MR) is 63.8 cm³/mol. The number of nitrogens with zero attached hydrogens (tertiary/aromatic N) is 1. The van der Waals surface area contributed by atoms with Crippen LogP contribution in [0.15, 0.2) is 18.3 Å². The maximum absolute atomic E-state index is 5.40. The Balaban J connectivity index is 2.30. The van der Waals surface area contributed by atoms with Gasteiger partial charge in [-0.2, -0.15) is 0 Å². The summed E-state index contributed by atoms with van der Waals surface area (Å²) in [6.45, 7) is 2.64. The highest BCUT2D eigenvalue weighted by Gasteiger charge is 1.96. The van der Waals surface area contributed by atoms with E-state index in [1.807, 2.05) is 12.1 Å². The molecular weight excluding hydrogens is 206 g/mol. The van der Waals surface area contributed by atoms with E-state index in [1.165, 1.54) is 0 Å². The first-order valence-electron chi connectivity index (χ1n) is 5.38. The Morgan fingerprint density at radius 3 is 2.88 bits per heavy atom. The number of aromatic nitrogens is 1. The van der Waals surface area contributed by atoms with Crippen LogP contribution in [-0.4, -0.2) is 38.4 Å². The van der Waals surface area contributed by atoms with Gasteiger partial charge in [-0.05, 0) is 19.0 Å². The molecule has 5 nitrogen and oxygen atoms in total. The van der Waals surface area contributed by atoms with E-state index < -0.39 is 0 Å². The Morgan fingerprint density at radius 2 is 2.25 bits per heavy atom. The van der Waals surface area contributed by atoms with Gasteiger partial charge in [0.05, 0.1) is 18.5 Å². The van der Waals surface area contributed by atoms with E-state index in [0.717, 1.165) is 18.7 Å². The molecule has 0 spiro atoms. The molecule has 3 N–H and O–H groups in total. The number of hydrogen-bond acceptors (Lipinski definition) is 5. The Morgan fingerprint density at radius 1 is 1.38 bits per heavy atom. The van der Waals surface area contributed by atoms with Crippen molar-refractivity contribution < 1.29 is 9.47 Å². The van der Waals surface area contributed by atoms with Crippen molar-refractivity contribution in [1.29, 1.82) is 0 Å². The largest absolute Gasteiger partial charge is 0.475 e. The Labute approximate surface area is 96.0 Å². The molecule has 0 unspecified atom stereocenters. The Bertz CT molecular complexity index is 248. The number of pyridine rings is 1. The number of rotatable bonds is 8. The monoisotopic (exact) mass is 225 g/mol. The SMILES string of the molecule is COCCOc1ccc(NCCCN)cn1. The number of ether oxygens (including phenoxy) is 2.